The minimum Gasteiger partial charge on any atom is -0.481 e. The Labute approximate surface area is 257 Å². The van der Waals surface area contributed by atoms with Crippen LogP contribution in [0.25, 0.3) is 0 Å². The zero-order chi connectivity index (χ0) is 31.6. The van der Waals surface area contributed by atoms with E-state index in [9.17, 15) is 29.7 Å². The molecule has 0 radical (unpaired) electrons. The second kappa shape index (κ2) is 25.6. The SMILES string of the molecule is CCCCCCCC/C=C/CCCCCCCCCC[N+](CCC(C)C(=O)O)(CCC(C)C(=O)O)CCC(C)C(=O)O. The van der Waals surface area contributed by atoms with Gasteiger partial charge in [0.25, 0.3) is 0 Å². The van der Waals surface area contributed by atoms with E-state index in [2.05, 4.69) is 19.1 Å². The highest BCUT2D eigenvalue weighted by atomic mass is 16.4. The molecule has 0 aromatic carbocycles. The molecule has 0 aliphatic rings. The highest BCUT2D eigenvalue weighted by Gasteiger charge is 2.31. The lowest BCUT2D eigenvalue weighted by atomic mass is 10.0. The summed E-state index contributed by atoms with van der Waals surface area (Å²) < 4.78 is 0.610. The number of quaternary nitrogens is 1. The molecule has 3 atom stereocenters. The fourth-order valence-corrected chi connectivity index (χ4v) is 5.49. The summed E-state index contributed by atoms with van der Waals surface area (Å²) in [5.41, 5.74) is 0. The Kier molecular flexibility index (Phi) is 24.4. The van der Waals surface area contributed by atoms with Crippen LogP contribution >= 0.6 is 0 Å². The molecule has 3 N–H and O–H groups in total. The van der Waals surface area contributed by atoms with Gasteiger partial charge in [0.2, 0.25) is 0 Å². The van der Waals surface area contributed by atoms with Gasteiger partial charge in [-0.05, 0) is 38.5 Å². The van der Waals surface area contributed by atoms with Crippen molar-refractivity contribution >= 4 is 17.9 Å². The van der Waals surface area contributed by atoms with Crippen molar-refractivity contribution in [1.29, 1.82) is 0 Å². The van der Waals surface area contributed by atoms with Crippen molar-refractivity contribution < 1.29 is 34.2 Å². The number of carbonyl (C=O) groups is 3. The molecule has 3 unspecified atom stereocenters. The number of nitrogens with zero attached hydrogens (tertiary/aromatic N) is 1. The van der Waals surface area contributed by atoms with Crippen molar-refractivity contribution in [3.63, 3.8) is 0 Å². The molecule has 7 nitrogen and oxygen atoms in total. The van der Waals surface area contributed by atoms with E-state index in [1.807, 2.05) is 0 Å². The molecule has 246 valence electrons. The Bertz CT molecular complexity index is 677. The molecule has 0 spiro atoms. The third-order valence-corrected chi connectivity index (χ3v) is 9.02. The molecule has 0 saturated heterocycles. The first-order valence-electron chi connectivity index (χ1n) is 17.2. The lowest BCUT2D eigenvalue weighted by molar-refractivity contribution is -0.929. The van der Waals surface area contributed by atoms with Crippen LogP contribution in [0.15, 0.2) is 12.2 Å². The van der Waals surface area contributed by atoms with Crippen LogP contribution in [0.5, 0.6) is 0 Å². The van der Waals surface area contributed by atoms with Crippen LogP contribution in [-0.4, -0.2) is 63.9 Å². The van der Waals surface area contributed by atoms with Gasteiger partial charge in [-0.15, -0.1) is 0 Å². The maximum atomic E-state index is 11.5. The summed E-state index contributed by atoms with van der Waals surface area (Å²) in [7, 11) is 0. The second-order valence-corrected chi connectivity index (χ2v) is 13.0. The predicted octanol–water partition coefficient (Wildman–Crippen LogP) is 8.95. The maximum absolute atomic E-state index is 11.5. The topological polar surface area (TPSA) is 112 Å². The maximum Gasteiger partial charge on any atom is 0.306 e. The predicted molar refractivity (Wildman–Crippen MR) is 173 cm³/mol. The number of rotatable bonds is 30. The molecule has 0 bridgehead atoms. The number of hydrogen-bond acceptors (Lipinski definition) is 3. The van der Waals surface area contributed by atoms with E-state index in [1.54, 1.807) is 20.8 Å². The molecule has 0 aliphatic carbocycles. The molecule has 42 heavy (non-hydrogen) atoms. The summed E-state index contributed by atoms with van der Waals surface area (Å²) in [5.74, 6) is -3.91. The van der Waals surface area contributed by atoms with Gasteiger partial charge in [-0.2, -0.15) is 0 Å². The van der Waals surface area contributed by atoms with Gasteiger partial charge in [0.15, 0.2) is 0 Å². The number of carboxylic acids is 3. The van der Waals surface area contributed by atoms with Crippen LogP contribution < -0.4 is 0 Å². The largest absolute Gasteiger partial charge is 0.481 e. The minimum absolute atomic E-state index is 0.480. The lowest BCUT2D eigenvalue weighted by Gasteiger charge is -2.40. The van der Waals surface area contributed by atoms with E-state index >= 15 is 0 Å². The summed E-state index contributed by atoms with van der Waals surface area (Å²) in [5, 5.41) is 28.3. The molecule has 0 aromatic rings. The highest BCUT2D eigenvalue weighted by molar-refractivity contribution is 5.70. The smallest absolute Gasteiger partial charge is 0.306 e. The Morgan fingerprint density at radius 3 is 1.14 bits per heavy atom. The number of unbranched alkanes of at least 4 members (excludes halogenated alkanes) is 14. The lowest BCUT2D eigenvalue weighted by Crippen LogP contribution is -2.52. The third-order valence-electron chi connectivity index (χ3n) is 9.02. The Balaban J connectivity index is 4.53. The zero-order valence-corrected chi connectivity index (χ0v) is 27.7. The van der Waals surface area contributed by atoms with Crippen molar-refractivity contribution in [2.75, 3.05) is 26.2 Å². The van der Waals surface area contributed by atoms with Gasteiger partial charge in [0.05, 0.1) is 43.9 Å². The molecule has 0 aromatic heterocycles. The van der Waals surface area contributed by atoms with Crippen LogP contribution in [0.2, 0.25) is 0 Å². The summed E-state index contributed by atoms with van der Waals surface area (Å²) in [6, 6.07) is 0. The van der Waals surface area contributed by atoms with Gasteiger partial charge in [-0.25, -0.2) is 0 Å². The van der Waals surface area contributed by atoms with Crippen molar-refractivity contribution in [2.45, 2.75) is 150 Å². The quantitative estimate of drug-likeness (QED) is 0.0433. The van der Waals surface area contributed by atoms with Crippen molar-refractivity contribution in [3.05, 3.63) is 12.2 Å². The van der Waals surface area contributed by atoms with E-state index in [4.69, 9.17) is 0 Å². The highest BCUT2D eigenvalue weighted by Crippen LogP contribution is 2.22. The molecule has 7 heteroatoms. The van der Waals surface area contributed by atoms with E-state index in [1.165, 1.54) is 89.9 Å². The number of hydrogen-bond donors (Lipinski definition) is 3. The Hall–Kier alpha value is -1.89. The zero-order valence-electron chi connectivity index (χ0n) is 27.7. The van der Waals surface area contributed by atoms with Crippen molar-refractivity contribution in [2.24, 2.45) is 17.8 Å². The summed E-state index contributed by atoms with van der Waals surface area (Å²) in [6.45, 7) is 10.2. The van der Waals surface area contributed by atoms with E-state index < -0.39 is 35.7 Å². The van der Waals surface area contributed by atoms with Crippen molar-refractivity contribution in [3.8, 4) is 0 Å². The molecule has 0 saturated carbocycles. The van der Waals surface area contributed by atoms with Gasteiger partial charge >= 0.3 is 17.9 Å². The van der Waals surface area contributed by atoms with Crippen LogP contribution in [-0.2, 0) is 14.4 Å². The molecular formula is C35H66NO6+. The fourth-order valence-electron chi connectivity index (χ4n) is 5.49. The van der Waals surface area contributed by atoms with Gasteiger partial charge < -0.3 is 19.8 Å². The normalized spacial score (nSPS) is 15.3. The molecule has 0 heterocycles. The molecule has 0 aliphatic heterocycles. The van der Waals surface area contributed by atoms with Crippen molar-refractivity contribution in [1.82, 2.24) is 0 Å². The number of allylic oxidation sites excluding steroid dienone is 2. The Morgan fingerprint density at radius 2 is 0.810 bits per heavy atom. The minimum atomic E-state index is -0.824. The molecular weight excluding hydrogens is 530 g/mol. The van der Waals surface area contributed by atoms with Gasteiger partial charge in [0, 0.05) is 19.3 Å². The van der Waals surface area contributed by atoms with Gasteiger partial charge in [-0.3, -0.25) is 14.4 Å². The van der Waals surface area contributed by atoms with Gasteiger partial charge in [-0.1, -0.05) is 104 Å². The molecule has 0 fully saturated rings. The van der Waals surface area contributed by atoms with Crippen LogP contribution in [0.4, 0.5) is 0 Å². The van der Waals surface area contributed by atoms with E-state index in [0.717, 1.165) is 19.4 Å². The van der Waals surface area contributed by atoms with Crippen LogP contribution in [0.1, 0.15) is 150 Å². The van der Waals surface area contributed by atoms with Gasteiger partial charge in [0.1, 0.15) is 0 Å². The molecule has 0 amide bonds. The fraction of sp³-hybridized carbons (Fsp3) is 0.857. The summed E-state index contributed by atoms with van der Waals surface area (Å²) >= 11 is 0. The first kappa shape index (κ1) is 40.1. The molecule has 0 rings (SSSR count). The van der Waals surface area contributed by atoms with E-state index in [0.29, 0.717) is 43.4 Å². The Morgan fingerprint density at radius 1 is 0.500 bits per heavy atom. The second-order valence-electron chi connectivity index (χ2n) is 13.0. The number of carboxylic acid groups (broad SMARTS) is 3. The summed E-state index contributed by atoms with van der Waals surface area (Å²) in [6.07, 6.45) is 26.4. The average molecular weight is 597 g/mol. The number of aliphatic carboxylic acids is 3. The standard InChI is InChI=1S/C35H65NO6/c1-5-6-7-8-9-10-11-12-13-14-15-16-17-18-19-20-21-22-26-36(27-23-30(2)33(37)38,28-24-31(3)34(39)40)29-25-32(4)35(41)42/h12-13,30-32H,5-11,14-29H2,1-4H3,(H2-,37,38,39,40,41,42)/p+1/b13-12+. The monoisotopic (exact) mass is 596 g/mol. The third kappa shape index (κ3) is 21.8. The summed E-state index contributed by atoms with van der Waals surface area (Å²) in [4.78, 5) is 34.5. The van der Waals surface area contributed by atoms with E-state index in [-0.39, 0.29) is 0 Å². The average Bonchev–Trinajstić information content (AvgIpc) is 2.96. The first-order valence-corrected chi connectivity index (χ1v) is 17.2. The first-order chi connectivity index (χ1) is 20.0. The van der Waals surface area contributed by atoms with Crippen LogP contribution in [0, 0.1) is 17.8 Å². The van der Waals surface area contributed by atoms with Crippen LogP contribution in [0.3, 0.4) is 0 Å².